The molecule has 2 fully saturated rings. The molecule has 0 spiro atoms. The van der Waals surface area contributed by atoms with Gasteiger partial charge in [-0.2, -0.15) is 11.8 Å². The Morgan fingerprint density at radius 3 is 1.99 bits per heavy atom. The van der Waals surface area contributed by atoms with E-state index in [-0.39, 0.29) is 56.1 Å². The minimum absolute atomic E-state index is 0.0316. The normalized spacial score (nSPS) is 17.7. The number of fused-ring (bicyclic) bond motifs is 1. The molecule has 2 aromatic rings. The molecular weight excluding hydrogens is 899 g/mol. The highest BCUT2D eigenvalue weighted by Gasteiger charge is 2.42. The third-order valence-corrected chi connectivity index (χ3v) is 13.1. The number of nitrogens with one attached hydrogen (secondary N) is 9. The highest BCUT2D eigenvalue weighted by atomic mass is 32.2. The highest BCUT2D eigenvalue weighted by Crippen LogP contribution is 2.33. The summed E-state index contributed by atoms with van der Waals surface area (Å²) in [6.45, 7) is -0.380. The molecule has 0 radical (unpaired) electrons. The van der Waals surface area contributed by atoms with Crippen LogP contribution in [-0.4, -0.2) is 126 Å². The van der Waals surface area contributed by atoms with E-state index in [0.29, 0.717) is 56.0 Å². The average molecular weight is 966 g/mol. The van der Waals surface area contributed by atoms with Crippen molar-refractivity contribution in [2.45, 2.75) is 119 Å². The van der Waals surface area contributed by atoms with Crippen LogP contribution in [0.5, 0.6) is 0 Å². The predicted octanol–water partition coefficient (Wildman–Crippen LogP) is -0.703. The molecule has 10 amide bonds. The van der Waals surface area contributed by atoms with E-state index in [9.17, 15) is 48.4 Å². The number of hydroxylamine groups is 1. The second-order valence-corrected chi connectivity index (χ2v) is 18.2. The van der Waals surface area contributed by atoms with Crippen LogP contribution in [0.25, 0.3) is 0 Å². The maximum atomic E-state index is 13.9. The van der Waals surface area contributed by atoms with Crippen molar-refractivity contribution in [2.24, 2.45) is 17.4 Å². The van der Waals surface area contributed by atoms with Gasteiger partial charge in [0, 0.05) is 36.8 Å². The number of carbonyl (C=O) groups excluding carboxylic acids is 9. The number of unbranched alkanes of at least 4 members (excludes halogenated alkanes) is 3. The summed E-state index contributed by atoms with van der Waals surface area (Å²) in [6, 6.07) is 14.6. The van der Waals surface area contributed by atoms with Crippen molar-refractivity contribution in [3.63, 3.8) is 0 Å². The lowest BCUT2D eigenvalue weighted by atomic mass is 9.94. The second kappa shape index (κ2) is 29.5. The van der Waals surface area contributed by atoms with Crippen molar-refractivity contribution in [3.8, 4) is 0 Å². The van der Waals surface area contributed by atoms with Gasteiger partial charge < -0.3 is 54.0 Å². The summed E-state index contributed by atoms with van der Waals surface area (Å²) in [4.78, 5) is 115. The van der Waals surface area contributed by atoms with Crippen LogP contribution < -0.4 is 59.5 Å². The molecule has 2 heterocycles. The van der Waals surface area contributed by atoms with Crippen LogP contribution in [0.15, 0.2) is 60.7 Å². The zero-order chi connectivity index (χ0) is 49.3. The third kappa shape index (κ3) is 19.5. The average Bonchev–Trinajstić information content (AvgIpc) is 3.89. The Hall–Kier alpha value is -6.26. The topological polar surface area (TPSA) is 334 Å². The van der Waals surface area contributed by atoms with Crippen LogP contribution in [0.3, 0.4) is 0 Å². The lowest BCUT2D eigenvalue weighted by Crippen LogP contribution is -2.56. The molecule has 0 saturated carbocycles. The van der Waals surface area contributed by atoms with Gasteiger partial charge in [0.2, 0.25) is 47.3 Å². The first kappa shape index (κ1) is 54.3. The maximum absolute atomic E-state index is 13.9. The fourth-order valence-electron chi connectivity index (χ4n) is 7.93. The summed E-state index contributed by atoms with van der Waals surface area (Å²) >= 11 is 1.84. The Labute approximate surface area is 400 Å². The lowest BCUT2D eigenvalue weighted by Gasteiger charge is -2.25. The molecule has 0 bridgehead atoms. The van der Waals surface area contributed by atoms with Crippen LogP contribution in [0.1, 0.15) is 81.8 Å². The van der Waals surface area contributed by atoms with Crippen molar-refractivity contribution in [2.75, 3.05) is 31.9 Å². The monoisotopic (exact) mass is 965 g/mol. The molecular formula is C46H67N11O10S. The van der Waals surface area contributed by atoms with Crippen LogP contribution in [-0.2, 0) is 51.2 Å². The van der Waals surface area contributed by atoms with Gasteiger partial charge in [0.25, 0.3) is 0 Å². The molecule has 2 aromatic carbocycles. The van der Waals surface area contributed by atoms with Crippen molar-refractivity contribution >= 4 is 65.1 Å². The van der Waals surface area contributed by atoms with Gasteiger partial charge in [0.15, 0.2) is 0 Å². The predicted molar refractivity (Wildman–Crippen MR) is 253 cm³/mol. The van der Waals surface area contributed by atoms with Crippen LogP contribution in [0.2, 0.25) is 0 Å². The Bertz CT molecular complexity index is 2000. The minimum atomic E-state index is -1.20. The first-order chi connectivity index (χ1) is 32.8. The van der Waals surface area contributed by atoms with E-state index in [0.717, 1.165) is 30.6 Å². The van der Waals surface area contributed by atoms with Gasteiger partial charge in [-0.15, -0.1) is 0 Å². The molecule has 2 aliphatic heterocycles. The van der Waals surface area contributed by atoms with E-state index in [2.05, 4.69) is 42.5 Å². The number of hydrogen-bond acceptors (Lipinski definition) is 12. The SMILES string of the molecule is NCCCC[C@H](NC(=O)[C@H](Cc1ccccc1)NC(=O)C(CC(=O)NO)Cc1ccccc1)C(=O)NCC(=O)NCC(=O)N[C@@H](CCCCNC(=O)CCCC[C@@H]1SC[C@@H]2NC(=O)N[C@@H]21)C(N)=O. The zero-order valence-corrected chi connectivity index (χ0v) is 39.0. The van der Waals surface area contributed by atoms with Gasteiger partial charge in [0.05, 0.1) is 31.1 Å². The van der Waals surface area contributed by atoms with E-state index in [1.54, 1.807) is 66.1 Å². The number of benzene rings is 2. The summed E-state index contributed by atoms with van der Waals surface area (Å²) in [6.07, 6.45) is 4.99. The minimum Gasteiger partial charge on any atom is -0.368 e. The van der Waals surface area contributed by atoms with Gasteiger partial charge in [-0.3, -0.25) is 43.6 Å². The number of urea groups is 1. The molecule has 0 aliphatic carbocycles. The Morgan fingerprint density at radius 2 is 1.31 bits per heavy atom. The summed E-state index contributed by atoms with van der Waals surface area (Å²) in [5.74, 6) is -5.18. The first-order valence-electron chi connectivity index (χ1n) is 23.2. The lowest BCUT2D eigenvalue weighted by molar-refractivity contribution is -0.136. The Morgan fingerprint density at radius 1 is 0.662 bits per heavy atom. The molecule has 14 N–H and O–H groups in total. The van der Waals surface area contributed by atoms with Crippen LogP contribution >= 0.6 is 11.8 Å². The van der Waals surface area contributed by atoms with Crippen molar-refractivity contribution in [1.29, 1.82) is 0 Å². The van der Waals surface area contributed by atoms with Gasteiger partial charge in [-0.05, 0) is 75.5 Å². The smallest absolute Gasteiger partial charge is 0.315 e. The van der Waals surface area contributed by atoms with Gasteiger partial charge in [-0.1, -0.05) is 67.1 Å². The molecule has 68 heavy (non-hydrogen) atoms. The standard InChI is InChI=1S/C46H67N11O10S/c47-21-11-9-18-33(53-45(65)34(24-30-15-5-2-6-16-30)54-43(63)31(25-38(59)57-67)23-29-13-3-1-4-14-29)44(64)51-26-39(60)50-27-40(61)52-32(42(48)62)17-10-12-22-49-37(58)20-8-7-19-36-41-35(28-68-36)55-46(66)56-41/h1-6,13-16,31-36,41,67H,7-12,17-28,47H2,(H2,48,62)(H,49,58)(H,50,60)(H,51,64)(H,52,61)(H,53,65)(H,54,63)(H,57,59)(H2,55,56,66)/t31?,32-,33-,34-,35-,36-,41-/m0/s1. The van der Waals surface area contributed by atoms with Crippen LogP contribution in [0.4, 0.5) is 4.79 Å². The molecule has 2 saturated heterocycles. The Balaban J connectivity index is 1.20. The van der Waals surface area contributed by atoms with Crippen molar-refractivity contribution < 1.29 is 48.4 Å². The Kier molecular flexibility index (Phi) is 23.6. The zero-order valence-electron chi connectivity index (χ0n) is 38.2. The fraction of sp³-hybridized carbons (Fsp3) is 0.543. The second-order valence-electron chi connectivity index (χ2n) is 17.0. The summed E-state index contributed by atoms with van der Waals surface area (Å²) < 4.78 is 0. The molecule has 22 heteroatoms. The fourth-order valence-corrected chi connectivity index (χ4v) is 9.48. The third-order valence-electron chi connectivity index (χ3n) is 11.6. The number of hydrogen-bond donors (Lipinski definition) is 12. The quantitative estimate of drug-likeness (QED) is 0.0193. The summed E-state index contributed by atoms with van der Waals surface area (Å²) in [7, 11) is 0. The van der Waals surface area contributed by atoms with E-state index in [4.69, 9.17) is 11.5 Å². The largest absolute Gasteiger partial charge is 0.368 e. The number of rotatable bonds is 31. The van der Waals surface area contributed by atoms with Crippen molar-refractivity contribution in [3.05, 3.63) is 71.8 Å². The van der Waals surface area contributed by atoms with Gasteiger partial charge in [0.1, 0.15) is 18.1 Å². The van der Waals surface area contributed by atoms with E-state index >= 15 is 0 Å². The molecule has 7 atom stereocenters. The molecule has 0 aromatic heterocycles. The molecule has 2 aliphatic rings. The van der Waals surface area contributed by atoms with E-state index in [1.807, 2.05) is 11.8 Å². The number of thioether (sulfide) groups is 1. The van der Waals surface area contributed by atoms with Crippen LogP contribution in [0, 0.1) is 5.92 Å². The van der Waals surface area contributed by atoms with E-state index < -0.39 is 78.5 Å². The maximum Gasteiger partial charge on any atom is 0.315 e. The van der Waals surface area contributed by atoms with Gasteiger partial charge >= 0.3 is 6.03 Å². The highest BCUT2D eigenvalue weighted by molar-refractivity contribution is 8.00. The summed E-state index contributed by atoms with van der Waals surface area (Å²) in [5.41, 5.74) is 14.2. The van der Waals surface area contributed by atoms with E-state index in [1.165, 1.54) is 0 Å². The molecule has 1 unspecified atom stereocenters. The van der Waals surface area contributed by atoms with Gasteiger partial charge in [-0.25, -0.2) is 10.3 Å². The number of primary amides is 1. The van der Waals surface area contributed by atoms with Crippen molar-refractivity contribution in [1.82, 2.24) is 48.0 Å². The number of nitrogens with two attached hydrogens (primary N) is 2. The summed E-state index contributed by atoms with van der Waals surface area (Å²) in [5, 5.41) is 31.1. The molecule has 372 valence electrons. The number of amides is 10. The molecule has 21 nitrogen and oxygen atoms in total. The molecule has 4 rings (SSSR count). The number of carbonyl (C=O) groups is 9. The first-order valence-corrected chi connectivity index (χ1v) is 24.2.